The van der Waals surface area contributed by atoms with E-state index in [9.17, 15) is 8.42 Å². The van der Waals surface area contributed by atoms with E-state index in [2.05, 4.69) is 4.18 Å². The Kier molecular flexibility index (Phi) is 3.08. The molecule has 0 aromatic rings. The Morgan fingerprint density at radius 2 is 2.12 bits per heavy atom. The molecule has 8 heavy (non-hydrogen) atoms. The Morgan fingerprint density at radius 3 is 2.25 bits per heavy atom. The minimum atomic E-state index is -3.15. The second-order valence-electron chi connectivity index (χ2n) is 1.03. The van der Waals surface area contributed by atoms with Crippen LogP contribution < -0.4 is 0 Å². The summed E-state index contributed by atoms with van der Waals surface area (Å²) in [6.07, 6.45) is 2.05. The van der Waals surface area contributed by atoms with Crippen molar-refractivity contribution >= 4 is 18.0 Å². The number of hydrogen-bond donors (Lipinski definition) is 0. The van der Waals surface area contributed by atoms with Crippen LogP contribution in [0.5, 0.6) is 0 Å². The standard InChI is InChI=1S/C3H10BO3S/c1-8(5,6)7-3-2-4/h2-3H2,1,4H3/q-1. The highest BCUT2D eigenvalue weighted by Crippen LogP contribution is 1.86. The van der Waals surface area contributed by atoms with Crippen molar-refractivity contribution in [1.82, 2.24) is 0 Å². The van der Waals surface area contributed by atoms with Crippen molar-refractivity contribution in [3.05, 3.63) is 0 Å². The van der Waals surface area contributed by atoms with Crippen LogP contribution in [-0.2, 0) is 14.3 Å². The van der Waals surface area contributed by atoms with Crippen LogP contribution in [0.3, 0.4) is 0 Å². The normalized spacial score (nSPS) is 11.8. The maximum absolute atomic E-state index is 10.2. The molecular formula is C3H10BO3S-. The van der Waals surface area contributed by atoms with Gasteiger partial charge in [0.05, 0.1) is 6.26 Å². The van der Waals surface area contributed by atoms with E-state index >= 15 is 0 Å². The van der Waals surface area contributed by atoms with E-state index in [0.717, 1.165) is 12.6 Å². The minimum absolute atomic E-state index is 0.305. The fourth-order valence-electron chi connectivity index (χ4n) is 0.151. The molecule has 0 radical (unpaired) electrons. The molecule has 0 atom stereocenters. The zero-order valence-electron chi connectivity index (χ0n) is 4.05. The molecule has 3 nitrogen and oxygen atoms in total. The van der Waals surface area contributed by atoms with Crippen LogP contribution >= 0.6 is 0 Å². The Morgan fingerprint density at radius 1 is 1.62 bits per heavy atom. The molecule has 0 aliphatic heterocycles. The maximum atomic E-state index is 10.2. The fraction of sp³-hybridized carbons (Fsp3) is 1.00. The second-order valence-corrected chi connectivity index (χ2v) is 2.67. The lowest BCUT2D eigenvalue weighted by molar-refractivity contribution is 0.342. The Bertz CT molecular complexity index is 139. The second kappa shape index (κ2) is 3.09. The highest BCUT2D eigenvalue weighted by molar-refractivity contribution is 7.85. The molecule has 5 heteroatoms. The van der Waals surface area contributed by atoms with E-state index in [0.29, 0.717) is 14.5 Å². The van der Waals surface area contributed by atoms with Gasteiger partial charge in [-0.2, -0.15) is 14.7 Å². The van der Waals surface area contributed by atoms with Crippen molar-refractivity contribution in [3.63, 3.8) is 0 Å². The van der Waals surface area contributed by atoms with Gasteiger partial charge in [0.1, 0.15) is 0 Å². The third-order valence-corrected chi connectivity index (χ3v) is 0.892. The van der Waals surface area contributed by atoms with Crippen molar-refractivity contribution in [3.8, 4) is 0 Å². The summed E-state index contributed by atoms with van der Waals surface area (Å²) in [6, 6.07) is 0. The van der Waals surface area contributed by atoms with Crippen molar-refractivity contribution in [2.24, 2.45) is 0 Å². The summed E-state index contributed by atoms with van der Waals surface area (Å²) in [5, 5.41) is 0. The lowest BCUT2D eigenvalue weighted by atomic mass is 10.1. The van der Waals surface area contributed by atoms with E-state index in [1.54, 1.807) is 0 Å². The Hall–Kier alpha value is -0.0251. The predicted molar refractivity (Wildman–Crippen MR) is 35.5 cm³/mol. The van der Waals surface area contributed by atoms with Crippen molar-refractivity contribution < 1.29 is 12.6 Å². The third-order valence-electron chi connectivity index (χ3n) is 0.297. The monoisotopic (exact) mass is 137 g/mol. The molecule has 0 unspecified atom stereocenters. The molecule has 0 aliphatic carbocycles. The van der Waals surface area contributed by atoms with E-state index in [1.165, 1.54) is 0 Å². The summed E-state index contributed by atoms with van der Waals surface area (Å²) in [4.78, 5) is 0. The SMILES string of the molecule is [BH3-]CCOS(C)(=O)=O. The summed E-state index contributed by atoms with van der Waals surface area (Å²) >= 11 is 0. The predicted octanol–water partition coefficient (Wildman–Crippen LogP) is -1.25. The van der Waals surface area contributed by atoms with Crippen LogP contribution in [-0.4, -0.2) is 29.1 Å². The average molecular weight is 137 g/mol. The van der Waals surface area contributed by atoms with Gasteiger partial charge in [0.2, 0.25) is 0 Å². The van der Waals surface area contributed by atoms with Gasteiger partial charge in [-0.25, -0.2) is 0 Å². The molecule has 0 bridgehead atoms. The van der Waals surface area contributed by atoms with E-state index in [-0.39, 0.29) is 0 Å². The molecule has 0 N–H and O–H groups in total. The average Bonchev–Trinajstić information content (AvgIpc) is 1.59. The zero-order chi connectivity index (χ0) is 6.62. The van der Waals surface area contributed by atoms with E-state index < -0.39 is 10.1 Å². The summed E-state index contributed by atoms with van der Waals surface area (Å²) in [6.45, 7) is 0.402. The van der Waals surface area contributed by atoms with Crippen LogP contribution in [0.4, 0.5) is 0 Å². The number of hydrogen-bond acceptors (Lipinski definition) is 3. The van der Waals surface area contributed by atoms with Gasteiger partial charge in [0.15, 0.2) is 0 Å². The minimum Gasteiger partial charge on any atom is -0.274 e. The van der Waals surface area contributed by atoms with Gasteiger partial charge in [-0.15, -0.1) is 0 Å². The van der Waals surface area contributed by atoms with Crippen LogP contribution in [0.25, 0.3) is 0 Å². The number of rotatable bonds is 3. The van der Waals surface area contributed by atoms with Crippen molar-refractivity contribution in [2.45, 2.75) is 6.32 Å². The summed E-state index contributed by atoms with van der Waals surface area (Å²) in [5.74, 6) is 0. The molecule has 0 heterocycles. The van der Waals surface area contributed by atoms with Gasteiger partial charge >= 0.3 is 0 Å². The topological polar surface area (TPSA) is 43.4 Å². The quantitative estimate of drug-likeness (QED) is 0.360. The van der Waals surface area contributed by atoms with E-state index in [4.69, 9.17) is 0 Å². The zero-order valence-corrected chi connectivity index (χ0v) is 4.86. The van der Waals surface area contributed by atoms with Gasteiger partial charge in [-0.05, 0) is 7.85 Å². The third kappa shape index (κ3) is 5.97. The van der Waals surface area contributed by atoms with Gasteiger partial charge in [0.25, 0.3) is 10.1 Å². The lowest BCUT2D eigenvalue weighted by Crippen LogP contribution is -2.02. The molecule has 0 saturated carbocycles. The van der Waals surface area contributed by atoms with Gasteiger partial charge in [0, 0.05) is 6.61 Å². The molecule has 0 aromatic heterocycles. The van der Waals surface area contributed by atoms with Crippen molar-refractivity contribution in [2.75, 3.05) is 12.9 Å². The first-order valence-corrected chi connectivity index (χ1v) is 3.51. The van der Waals surface area contributed by atoms with Crippen LogP contribution in [0.15, 0.2) is 0 Å². The van der Waals surface area contributed by atoms with Crippen LogP contribution in [0.1, 0.15) is 0 Å². The van der Waals surface area contributed by atoms with E-state index in [1.807, 2.05) is 0 Å². The smallest absolute Gasteiger partial charge is 0.264 e. The van der Waals surface area contributed by atoms with Crippen LogP contribution in [0, 0.1) is 0 Å². The fourth-order valence-corrected chi connectivity index (χ4v) is 0.454. The largest absolute Gasteiger partial charge is 0.274 e. The molecule has 0 aromatic carbocycles. The highest BCUT2D eigenvalue weighted by atomic mass is 32.2. The van der Waals surface area contributed by atoms with Gasteiger partial charge in [-0.1, -0.05) is 0 Å². The summed E-state index contributed by atoms with van der Waals surface area (Å²) in [7, 11) is -2.84. The molecule has 50 valence electrons. The van der Waals surface area contributed by atoms with Crippen LogP contribution in [0.2, 0.25) is 6.32 Å². The molecule has 0 spiro atoms. The van der Waals surface area contributed by atoms with Gasteiger partial charge in [-0.3, -0.25) is 4.18 Å². The lowest BCUT2D eigenvalue weighted by Gasteiger charge is -1.96. The first kappa shape index (κ1) is 7.97. The molecule has 0 saturated heterocycles. The summed E-state index contributed by atoms with van der Waals surface area (Å²) < 4.78 is 24.8. The Labute approximate surface area is 50.6 Å². The first-order valence-electron chi connectivity index (χ1n) is 1.70. The van der Waals surface area contributed by atoms with Gasteiger partial charge < -0.3 is 0 Å². The molecular weight excluding hydrogens is 127 g/mol. The first-order chi connectivity index (χ1) is 3.56. The van der Waals surface area contributed by atoms with Crippen molar-refractivity contribution in [1.29, 1.82) is 0 Å². The summed E-state index contributed by atoms with van der Waals surface area (Å²) in [5.41, 5.74) is 0. The highest BCUT2D eigenvalue weighted by Gasteiger charge is 1.95. The molecule has 0 amide bonds. The molecule has 0 aliphatic rings. The Balaban J connectivity index is 3.42. The molecule has 0 fully saturated rings. The maximum Gasteiger partial charge on any atom is 0.264 e. The molecule has 0 rings (SSSR count).